The van der Waals surface area contributed by atoms with Crippen molar-refractivity contribution in [2.45, 2.75) is 51.9 Å². The third-order valence-corrected chi connectivity index (χ3v) is 3.48. The van der Waals surface area contributed by atoms with Crippen molar-refractivity contribution in [3.8, 4) is 0 Å². The van der Waals surface area contributed by atoms with Crippen molar-refractivity contribution in [1.29, 1.82) is 0 Å². The summed E-state index contributed by atoms with van der Waals surface area (Å²) >= 11 is 0. The lowest BCUT2D eigenvalue weighted by Crippen LogP contribution is -2.33. The highest BCUT2D eigenvalue weighted by atomic mass is 16.6. The summed E-state index contributed by atoms with van der Waals surface area (Å²) < 4.78 is 10.2. The molecule has 0 unspecified atom stereocenters. The van der Waals surface area contributed by atoms with Gasteiger partial charge in [-0.25, -0.2) is 4.79 Å². The van der Waals surface area contributed by atoms with Gasteiger partial charge in [-0.2, -0.15) is 0 Å². The second-order valence-electron chi connectivity index (χ2n) is 6.92. The molecule has 136 valence electrons. The van der Waals surface area contributed by atoms with Crippen LogP contribution in [0.5, 0.6) is 0 Å². The van der Waals surface area contributed by atoms with Gasteiger partial charge in [0.2, 0.25) is 0 Å². The van der Waals surface area contributed by atoms with Crippen LogP contribution in [0.4, 0.5) is 4.79 Å². The summed E-state index contributed by atoms with van der Waals surface area (Å²) in [6.45, 7) is 5.93. The Morgan fingerprint density at radius 3 is 2.68 bits per heavy atom. The van der Waals surface area contributed by atoms with E-state index in [-0.39, 0.29) is 24.5 Å². The van der Waals surface area contributed by atoms with E-state index >= 15 is 0 Å². The van der Waals surface area contributed by atoms with E-state index in [0.29, 0.717) is 24.9 Å². The van der Waals surface area contributed by atoms with E-state index in [0.717, 1.165) is 5.56 Å². The van der Waals surface area contributed by atoms with Crippen molar-refractivity contribution >= 4 is 18.0 Å². The molecular formula is C18H24N2O5. The summed E-state index contributed by atoms with van der Waals surface area (Å²) in [5.74, 6) is -0.475. The predicted octanol–water partition coefficient (Wildman–Crippen LogP) is 2.15. The van der Waals surface area contributed by atoms with Crippen LogP contribution in [0.3, 0.4) is 0 Å². The minimum Gasteiger partial charge on any atom is -0.460 e. The highest BCUT2D eigenvalue weighted by Crippen LogP contribution is 2.13. The van der Waals surface area contributed by atoms with Gasteiger partial charge in [-0.1, -0.05) is 12.1 Å². The molecule has 2 N–H and O–H groups in total. The van der Waals surface area contributed by atoms with Crippen molar-refractivity contribution < 1.29 is 23.9 Å². The van der Waals surface area contributed by atoms with E-state index in [9.17, 15) is 14.4 Å². The van der Waals surface area contributed by atoms with Gasteiger partial charge in [0.15, 0.2) is 0 Å². The highest BCUT2D eigenvalue weighted by molar-refractivity contribution is 5.94. The molecule has 1 heterocycles. The molecule has 0 saturated carbocycles. The number of esters is 1. The third-order valence-electron chi connectivity index (χ3n) is 3.48. The van der Waals surface area contributed by atoms with E-state index in [2.05, 4.69) is 10.6 Å². The maximum absolute atomic E-state index is 12.2. The number of cyclic esters (lactones) is 1. The van der Waals surface area contributed by atoms with Crippen LogP contribution in [0.15, 0.2) is 24.3 Å². The molecule has 2 amide bonds. The second-order valence-corrected chi connectivity index (χ2v) is 6.92. The number of alkyl carbamates (subject to hydrolysis) is 1. The Kier molecular flexibility index (Phi) is 6.01. The molecule has 1 aromatic rings. The van der Waals surface area contributed by atoms with Crippen LogP contribution in [0.1, 0.15) is 49.5 Å². The van der Waals surface area contributed by atoms with E-state index in [1.807, 2.05) is 6.07 Å². The summed E-state index contributed by atoms with van der Waals surface area (Å²) in [6, 6.07) is 6.95. The van der Waals surface area contributed by atoms with Gasteiger partial charge in [0.25, 0.3) is 5.91 Å². The molecule has 1 aliphatic rings. The third kappa shape index (κ3) is 6.45. The zero-order valence-corrected chi connectivity index (χ0v) is 14.8. The molecule has 2 rings (SSSR count). The Hall–Kier alpha value is -2.57. The van der Waals surface area contributed by atoms with Crippen LogP contribution in [-0.2, 0) is 20.8 Å². The van der Waals surface area contributed by atoms with Crippen LogP contribution in [-0.4, -0.2) is 36.2 Å². The van der Waals surface area contributed by atoms with Crippen molar-refractivity contribution in [2.24, 2.45) is 0 Å². The summed E-state index contributed by atoms with van der Waals surface area (Å²) in [6.07, 6.45) is 0.254. The molecule has 1 aromatic carbocycles. The molecule has 1 saturated heterocycles. The first-order chi connectivity index (χ1) is 11.7. The van der Waals surface area contributed by atoms with E-state index in [1.54, 1.807) is 39.0 Å². The van der Waals surface area contributed by atoms with Crippen LogP contribution in [0, 0.1) is 0 Å². The van der Waals surface area contributed by atoms with E-state index in [1.165, 1.54) is 0 Å². The monoisotopic (exact) mass is 348 g/mol. The predicted molar refractivity (Wildman–Crippen MR) is 91.0 cm³/mol. The van der Waals surface area contributed by atoms with Gasteiger partial charge in [-0.3, -0.25) is 9.59 Å². The Morgan fingerprint density at radius 1 is 1.28 bits per heavy atom. The number of hydrogen-bond donors (Lipinski definition) is 2. The van der Waals surface area contributed by atoms with Gasteiger partial charge in [0.1, 0.15) is 11.7 Å². The van der Waals surface area contributed by atoms with Crippen molar-refractivity contribution in [3.05, 3.63) is 35.4 Å². The SMILES string of the molecule is CC(C)(C)OC(=O)NCc1cccc(C(=O)NC[C@H]2CCC(=O)O2)c1. The Bertz CT molecular complexity index is 651. The average Bonchev–Trinajstić information content (AvgIpc) is 2.95. The number of ether oxygens (including phenoxy) is 2. The number of amides is 2. The number of nitrogens with one attached hydrogen (secondary N) is 2. The van der Waals surface area contributed by atoms with Gasteiger partial charge in [-0.15, -0.1) is 0 Å². The summed E-state index contributed by atoms with van der Waals surface area (Å²) in [7, 11) is 0. The Labute approximate surface area is 147 Å². The average molecular weight is 348 g/mol. The number of hydrogen-bond acceptors (Lipinski definition) is 5. The Morgan fingerprint density at radius 2 is 2.04 bits per heavy atom. The largest absolute Gasteiger partial charge is 0.460 e. The molecule has 0 spiro atoms. The van der Waals surface area contributed by atoms with Gasteiger partial charge >= 0.3 is 12.1 Å². The summed E-state index contributed by atoms with van der Waals surface area (Å²) in [5.41, 5.74) is 0.703. The maximum atomic E-state index is 12.2. The van der Waals surface area contributed by atoms with E-state index < -0.39 is 11.7 Å². The maximum Gasteiger partial charge on any atom is 0.407 e. The van der Waals surface area contributed by atoms with Crippen molar-refractivity contribution in [1.82, 2.24) is 10.6 Å². The standard InChI is InChI=1S/C18H24N2O5/c1-18(2,3)25-17(23)20-10-12-5-4-6-13(9-12)16(22)19-11-14-7-8-15(21)24-14/h4-6,9,14H,7-8,10-11H2,1-3H3,(H,19,22)(H,20,23)/t14-/m1/s1. The molecule has 0 bridgehead atoms. The molecule has 25 heavy (non-hydrogen) atoms. The number of carbonyl (C=O) groups is 3. The van der Waals surface area contributed by atoms with Crippen LogP contribution in [0.2, 0.25) is 0 Å². The fourth-order valence-electron chi connectivity index (χ4n) is 2.35. The molecule has 1 fully saturated rings. The smallest absolute Gasteiger partial charge is 0.407 e. The molecule has 0 radical (unpaired) electrons. The summed E-state index contributed by atoms with van der Waals surface area (Å²) in [4.78, 5) is 34.9. The van der Waals surface area contributed by atoms with Crippen LogP contribution < -0.4 is 10.6 Å². The molecular weight excluding hydrogens is 324 g/mol. The second kappa shape index (κ2) is 8.00. The van der Waals surface area contributed by atoms with Gasteiger partial charge in [-0.05, 0) is 44.9 Å². The van der Waals surface area contributed by atoms with Crippen LogP contribution >= 0.6 is 0 Å². The Balaban J connectivity index is 1.84. The topological polar surface area (TPSA) is 93.7 Å². The molecule has 1 atom stereocenters. The van der Waals surface area contributed by atoms with E-state index in [4.69, 9.17) is 9.47 Å². The first kappa shape index (κ1) is 18.8. The van der Waals surface area contributed by atoms with Crippen molar-refractivity contribution in [2.75, 3.05) is 6.54 Å². The number of rotatable bonds is 5. The molecule has 0 aliphatic carbocycles. The first-order valence-electron chi connectivity index (χ1n) is 8.26. The molecule has 0 aromatic heterocycles. The lowest BCUT2D eigenvalue weighted by atomic mass is 10.1. The molecule has 1 aliphatic heterocycles. The lowest BCUT2D eigenvalue weighted by molar-refractivity contribution is -0.141. The van der Waals surface area contributed by atoms with Crippen LogP contribution in [0.25, 0.3) is 0 Å². The normalized spacial score (nSPS) is 16.9. The van der Waals surface area contributed by atoms with Gasteiger partial charge < -0.3 is 20.1 Å². The quantitative estimate of drug-likeness (QED) is 0.795. The van der Waals surface area contributed by atoms with Gasteiger partial charge in [0.05, 0.1) is 6.54 Å². The lowest BCUT2D eigenvalue weighted by Gasteiger charge is -2.19. The zero-order valence-electron chi connectivity index (χ0n) is 14.8. The van der Waals surface area contributed by atoms with Gasteiger partial charge in [0, 0.05) is 18.5 Å². The first-order valence-corrected chi connectivity index (χ1v) is 8.26. The molecule has 7 heteroatoms. The fraction of sp³-hybridized carbons (Fsp3) is 0.500. The minimum absolute atomic E-state index is 0.227. The fourth-order valence-corrected chi connectivity index (χ4v) is 2.35. The van der Waals surface area contributed by atoms with Crippen molar-refractivity contribution in [3.63, 3.8) is 0 Å². The molecule has 7 nitrogen and oxygen atoms in total. The zero-order chi connectivity index (χ0) is 18.4. The summed E-state index contributed by atoms with van der Waals surface area (Å²) in [5, 5.41) is 5.41. The number of carbonyl (C=O) groups excluding carboxylic acids is 3. The number of benzene rings is 1. The highest BCUT2D eigenvalue weighted by Gasteiger charge is 2.23. The minimum atomic E-state index is -0.560.